The van der Waals surface area contributed by atoms with Crippen molar-refractivity contribution in [2.24, 2.45) is 11.1 Å². The third kappa shape index (κ3) is 4.66. The van der Waals surface area contributed by atoms with E-state index in [1.54, 1.807) is 7.11 Å². The number of halogens is 1. The predicted molar refractivity (Wildman–Crippen MR) is 75.2 cm³/mol. The summed E-state index contributed by atoms with van der Waals surface area (Å²) in [5, 5.41) is 3.41. The van der Waals surface area contributed by atoms with Gasteiger partial charge in [0.05, 0.1) is 7.11 Å². The highest BCUT2D eigenvalue weighted by Gasteiger charge is 2.14. The summed E-state index contributed by atoms with van der Waals surface area (Å²) in [7, 11) is 1.69. The fraction of sp³-hybridized carbons (Fsp3) is 0.538. The second-order valence-corrected chi connectivity index (χ2v) is 5.84. The van der Waals surface area contributed by atoms with Crippen molar-refractivity contribution in [2.75, 3.05) is 20.2 Å². The molecule has 0 spiro atoms. The third-order valence-corrected chi connectivity index (χ3v) is 3.21. The Kier molecular flexibility index (Phi) is 5.43. The van der Waals surface area contributed by atoms with Crippen LogP contribution in [0.2, 0.25) is 0 Å². The Labute approximate surface area is 112 Å². The van der Waals surface area contributed by atoms with E-state index in [-0.39, 0.29) is 5.41 Å². The Balaban J connectivity index is 2.59. The van der Waals surface area contributed by atoms with Crippen molar-refractivity contribution in [3.8, 4) is 5.75 Å². The van der Waals surface area contributed by atoms with Crippen LogP contribution < -0.4 is 15.8 Å². The first kappa shape index (κ1) is 14.5. The molecule has 17 heavy (non-hydrogen) atoms. The van der Waals surface area contributed by atoms with E-state index in [2.05, 4.69) is 41.2 Å². The molecule has 1 aromatic rings. The molecule has 1 rings (SSSR count). The number of rotatable bonds is 6. The number of hydrogen-bond donors (Lipinski definition) is 2. The van der Waals surface area contributed by atoms with Gasteiger partial charge in [-0.2, -0.15) is 0 Å². The standard InChI is InChI=1S/C13H21BrN2O/c1-13(2,8-15)9-16-7-10-6-11(14)4-5-12(10)17-3/h4-6,16H,7-9,15H2,1-3H3. The van der Waals surface area contributed by atoms with Crippen LogP contribution in [0.15, 0.2) is 22.7 Å². The number of nitrogens with two attached hydrogens (primary N) is 1. The van der Waals surface area contributed by atoms with E-state index in [1.807, 2.05) is 12.1 Å². The smallest absolute Gasteiger partial charge is 0.123 e. The summed E-state index contributed by atoms with van der Waals surface area (Å²) in [6.07, 6.45) is 0. The van der Waals surface area contributed by atoms with E-state index in [0.29, 0.717) is 6.54 Å². The van der Waals surface area contributed by atoms with Crippen LogP contribution in [-0.2, 0) is 6.54 Å². The highest BCUT2D eigenvalue weighted by atomic mass is 79.9. The van der Waals surface area contributed by atoms with Crippen molar-refractivity contribution in [2.45, 2.75) is 20.4 Å². The monoisotopic (exact) mass is 300 g/mol. The molecular formula is C13H21BrN2O. The Morgan fingerprint density at radius 2 is 2.12 bits per heavy atom. The Hall–Kier alpha value is -0.580. The van der Waals surface area contributed by atoms with Crippen LogP contribution in [0.3, 0.4) is 0 Å². The molecule has 0 fully saturated rings. The second kappa shape index (κ2) is 6.38. The van der Waals surface area contributed by atoms with Gasteiger partial charge >= 0.3 is 0 Å². The lowest BCUT2D eigenvalue weighted by Crippen LogP contribution is -2.35. The SMILES string of the molecule is COc1ccc(Br)cc1CNCC(C)(C)CN. The summed E-state index contributed by atoms with van der Waals surface area (Å²) >= 11 is 3.47. The Morgan fingerprint density at radius 3 is 2.71 bits per heavy atom. The summed E-state index contributed by atoms with van der Waals surface area (Å²) < 4.78 is 6.39. The summed E-state index contributed by atoms with van der Waals surface area (Å²) in [5.74, 6) is 0.909. The molecule has 0 aliphatic rings. The average Bonchev–Trinajstić information content (AvgIpc) is 2.29. The van der Waals surface area contributed by atoms with Gasteiger partial charge in [0, 0.05) is 23.1 Å². The Bertz CT molecular complexity index is 366. The lowest BCUT2D eigenvalue weighted by Gasteiger charge is -2.23. The van der Waals surface area contributed by atoms with E-state index >= 15 is 0 Å². The quantitative estimate of drug-likeness (QED) is 0.849. The second-order valence-electron chi connectivity index (χ2n) is 4.93. The normalized spacial score (nSPS) is 11.6. The largest absolute Gasteiger partial charge is 0.496 e. The van der Waals surface area contributed by atoms with Crippen LogP contribution in [0, 0.1) is 5.41 Å². The predicted octanol–water partition coefficient (Wildman–Crippen LogP) is 2.53. The minimum absolute atomic E-state index is 0.124. The zero-order valence-electron chi connectivity index (χ0n) is 10.7. The van der Waals surface area contributed by atoms with Gasteiger partial charge in [-0.3, -0.25) is 0 Å². The maximum Gasteiger partial charge on any atom is 0.123 e. The summed E-state index contributed by atoms with van der Waals surface area (Å²) in [5.41, 5.74) is 6.97. The first-order valence-corrected chi connectivity index (χ1v) is 6.51. The molecule has 0 heterocycles. The van der Waals surface area contributed by atoms with Crippen LogP contribution in [0.5, 0.6) is 5.75 Å². The molecule has 0 bridgehead atoms. The minimum Gasteiger partial charge on any atom is -0.496 e. The van der Waals surface area contributed by atoms with Crippen LogP contribution in [-0.4, -0.2) is 20.2 Å². The van der Waals surface area contributed by atoms with E-state index < -0.39 is 0 Å². The summed E-state index contributed by atoms with van der Waals surface area (Å²) in [6.45, 7) is 6.65. The highest BCUT2D eigenvalue weighted by Crippen LogP contribution is 2.23. The van der Waals surface area contributed by atoms with Gasteiger partial charge in [-0.25, -0.2) is 0 Å². The molecule has 0 aromatic heterocycles. The van der Waals surface area contributed by atoms with Gasteiger partial charge in [0.15, 0.2) is 0 Å². The Morgan fingerprint density at radius 1 is 1.41 bits per heavy atom. The molecule has 0 unspecified atom stereocenters. The van der Waals surface area contributed by atoms with Crippen LogP contribution in [0.1, 0.15) is 19.4 Å². The van der Waals surface area contributed by atoms with Gasteiger partial charge in [-0.05, 0) is 30.2 Å². The van der Waals surface area contributed by atoms with E-state index in [1.165, 1.54) is 0 Å². The molecule has 0 atom stereocenters. The number of benzene rings is 1. The molecule has 3 N–H and O–H groups in total. The van der Waals surface area contributed by atoms with Crippen molar-refractivity contribution in [1.29, 1.82) is 0 Å². The lowest BCUT2D eigenvalue weighted by atomic mass is 9.94. The van der Waals surface area contributed by atoms with Gasteiger partial charge < -0.3 is 15.8 Å². The zero-order valence-corrected chi connectivity index (χ0v) is 12.3. The topological polar surface area (TPSA) is 47.3 Å². The number of methoxy groups -OCH3 is 1. The molecule has 0 radical (unpaired) electrons. The van der Waals surface area contributed by atoms with E-state index in [9.17, 15) is 0 Å². The van der Waals surface area contributed by atoms with Crippen LogP contribution in [0.4, 0.5) is 0 Å². The molecule has 0 amide bonds. The van der Waals surface area contributed by atoms with Crippen LogP contribution >= 0.6 is 15.9 Å². The van der Waals surface area contributed by atoms with Crippen LogP contribution in [0.25, 0.3) is 0 Å². The lowest BCUT2D eigenvalue weighted by molar-refractivity contribution is 0.348. The maximum atomic E-state index is 5.69. The molecule has 3 nitrogen and oxygen atoms in total. The van der Waals surface area contributed by atoms with Crippen molar-refractivity contribution >= 4 is 15.9 Å². The minimum atomic E-state index is 0.124. The zero-order chi connectivity index (χ0) is 12.9. The van der Waals surface area contributed by atoms with Gasteiger partial charge in [0.25, 0.3) is 0 Å². The molecule has 0 aliphatic heterocycles. The van der Waals surface area contributed by atoms with Gasteiger partial charge in [-0.15, -0.1) is 0 Å². The van der Waals surface area contributed by atoms with Crippen molar-refractivity contribution in [3.05, 3.63) is 28.2 Å². The molecule has 4 heteroatoms. The fourth-order valence-corrected chi connectivity index (χ4v) is 1.90. The molecule has 0 saturated carbocycles. The van der Waals surface area contributed by atoms with E-state index in [0.717, 1.165) is 28.9 Å². The number of nitrogens with one attached hydrogen (secondary N) is 1. The highest BCUT2D eigenvalue weighted by molar-refractivity contribution is 9.10. The van der Waals surface area contributed by atoms with Crippen molar-refractivity contribution < 1.29 is 4.74 Å². The van der Waals surface area contributed by atoms with Gasteiger partial charge in [0.2, 0.25) is 0 Å². The summed E-state index contributed by atoms with van der Waals surface area (Å²) in [4.78, 5) is 0. The maximum absolute atomic E-state index is 5.69. The van der Waals surface area contributed by atoms with Crippen molar-refractivity contribution in [3.63, 3.8) is 0 Å². The molecule has 1 aromatic carbocycles. The first-order valence-electron chi connectivity index (χ1n) is 5.72. The number of hydrogen-bond acceptors (Lipinski definition) is 3. The van der Waals surface area contributed by atoms with E-state index in [4.69, 9.17) is 10.5 Å². The average molecular weight is 301 g/mol. The summed E-state index contributed by atoms with van der Waals surface area (Å²) in [6, 6.07) is 6.02. The molecule has 0 saturated heterocycles. The number of ether oxygens (including phenoxy) is 1. The van der Waals surface area contributed by atoms with Gasteiger partial charge in [0.1, 0.15) is 5.75 Å². The molecule has 96 valence electrons. The first-order chi connectivity index (χ1) is 7.98. The molecular weight excluding hydrogens is 280 g/mol. The third-order valence-electron chi connectivity index (χ3n) is 2.71. The van der Waals surface area contributed by atoms with Crippen molar-refractivity contribution in [1.82, 2.24) is 5.32 Å². The fourth-order valence-electron chi connectivity index (χ4n) is 1.49. The molecule has 0 aliphatic carbocycles. The van der Waals surface area contributed by atoms with Gasteiger partial charge in [-0.1, -0.05) is 29.8 Å².